The highest BCUT2D eigenvalue weighted by atomic mass is 35.5. The van der Waals surface area contributed by atoms with Crippen LogP contribution in [-0.4, -0.2) is 49.5 Å². The van der Waals surface area contributed by atoms with Gasteiger partial charge in [-0.3, -0.25) is 13.9 Å². The van der Waals surface area contributed by atoms with Gasteiger partial charge in [0.2, 0.25) is 21.8 Å². The fourth-order valence-corrected chi connectivity index (χ4v) is 5.52. The molecule has 0 radical (unpaired) electrons. The molecule has 1 atom stereocenters. The van der Waals surface area contributed by atoms with Gasteiger partial charge >= 0.3 is 0 Å². The number of amides is 2. The maximum Gasteiger partial charge on any atom is 0.243 e. The molecule has 10 heteroatoms. The van der Waals surface area contributed by atoms with Crippen LogP contribution < -0.4 is 9.62 Å². The molecule has 2 amide bonds. The summed E-state index contributed by atoms with van der Waals surface area (Å²) >= 11 is 5.96. The van der Waals surface area contributed by atoms with E-state index in [0.29, 0.717) is 10.7 Å². The Balaban J connectivity index is 1.91. The number of rotatable bonds is 12. The van der Waals surface area contributed by atoms with Crippen molar-refractivity contribution in [2.45, 2.75) is 58.2 Å². The monoisotopic (exact) mass is 601 g/mol. The molecule has 0 fully saturated rings. The molecule has 0 aliphatic carbocycles. The number of halogens is 2. The molecule has 0 spiro atoms. The SMILES string of the molecule is CC(C)(C)NC(=O)C(Cc1ccccc1)N(Cc1ccccc1F)C(=O)CCCN(c1ccc(Cl)cc1)S(C)(=O)=O. The van der Waals surface area contributed by atoms with Crippen LogP contribution in [0.1, 0.15) is 44.7 Å². The molecule has 0 aliphatic rings. The van der Waals surface area contributed by atoms with E-state index in [4.69, 9.17) is 11.6 Å². The molecule has 1 N–H and O–H groups in total. The average Bonchev–Trinajstić information content (AvgIpc) is 2.89. The highest BCUT2D eigenvalue weighted by Gasteiger charge is 2.32. The second-order valence-electron chi connectivity index (χ2n) is 11.0. The summed E-state index contributed by atoms with van der Waals surface area (Å²) in [7, 11) is -3.64. The zero-order valence-electron chi connectivity index (χ0n) is 23.8. The van der Waals surface area contributed by atoms with Crippen LogP contribution in [0.3, 0.4) is 0 Å². The molecular weight excluding hydrogens is 565 g/mol. The summed E-state index contributed by atoms with van der Waals surface area (Å²) in [5.74, 6) is -1.22. The van der Waals surface area contributed by atoms with Gasteiger partial charge in [0.05, 0.1) is 11.9 Å². The Hall–Kier alpha value is -3.43. The van der Waals surface area contributed by atoms with Crippen LogP contribution in [0.15, 0.2) is 78.9 Å². The lowest BCUT2D eigenvalue weighted by Crippen LogP contribution is -2.54. The van der Waals surface area contributed by atoms with E-state index < -0.39 is 27.4 Å². The molecule has 0 saturated carbocycles. The third-order valence-corrected chi connectivity index (χ3v) is 7.78. The normalized spacial score (nSPS) is 12.4. The lowest BCUT2D eigenvalue weighted by Gasteiger charge is -2.34. The summed E-state index contributed by atoms with van der Waals surface area (Å²) in [5, 5.41) is 3.44. The number of nitrogens with one attached hydrogen (secondary N) is 1. The summed E-state index contributed by atoms with van der Waals surface area (Å²) in [5.41, 5.74) is 0.993. The molecular formula is C31H37ClFN3O4S. The maximum absolute atomic E-state index is 14.8. The van der Waals surface area contributed by atoms with Gasteiger partial charge in [-0.1, -0.05) is 60.1 Å². The Morgan fingerprint density at radius 3 is 2.15 bits per heavy atom. The van der Waals surface area contributed by atoms with E-state index in [1.165, 1.54) is 15.3 Å². The van der Waals surface area contributed by atoms with E-state index in [0.717, 1.165) is 11.8 Å². The second-order valence-corrected chi connectivity index (χ2v) is 13.3. The number of hydrogen-bond acceptors (Lipinski definition) is 4. The highest BCUT2D eigenvalue weighted by molar-refractivity contribution is 7.92. The van der Waals surface area contributed by atoms with Crippen molar-refractivity contribution in [1.82, 2.24) is 10.2 Å². The summed E-state index contributed by atoms with van der Waals surface area (Å²) in [6.45, 7) is 5.48. The molecule has 0 aliphatic heterocycles. The first-order valence-corrected chi connectivity index (χ1v) is 15.6. The average molecular weight is 602 g/mol. The first-order valence-electron chi connectivity index (χ1n) is 13.4. The van der Waals surface area contributed by atoms with Crippen LogP contribution in [0.4, 0.5) is 10.1 Å². The van der Waals surface area contributed by atoms with Crippen LogP contribution in [-0.2, 0) is 32.6 Å². The Bertz CT molecular complexity index is 1430. The minimum Gasteiger partial charge on any atom is -0.350 e. The quantitative estimate of drug-likeness (QED) is 0.294. The summed E-state index contributed by atoms with van der Waals surface area (Å²) in [4.78, 5) is 28.8. The number of nitrogens with zero attached hydrogens (tertiary/aromatic N) is 2. The predicted octanol–water partition coefficient (Wildman–Crippen LogP) is 5.58. The summed E-state index contributed by atoms with van der Waals surface area (Å²) in [6, 6.07) is 20.9. The van der Waals surface area contributed by atoms with E-state index in [-0.39, 0.29) is 49.7 Å². The van der Waals surface area contributed by atoms with E-state index >= 15 is 0 Å². The highest BCUT2D eigenvalue weighted by Crippen LogP contribution is 2.22. The Morgan fingerprint density at radius 2 is 1.56 bits per heavy atom. The molecule has 0 saturated heterocycles. The van der Waals surface area contributed by atoms with Crippen molar-refractivity contribution in [3.8, 4) is 0 Å². The number of hydrogen-bond donors (Lipinski definition) is 1. The Morgan fingerprint density at radius 1 is 0.951 bits per heavy atom. The van der Waals surface area contributed by atoms with Crippen LogP contribution in [0, 0.1) is 5.82 Å². The molecule has 0 aromatic heterocycles. The van der Waals surface area contributed by atoms with E-state index in [1.807, 2.05) is 51.1 Å². The fourth-order valence-electron chi connectivity index (χ4n) is 4.43. The van der Waals surface area contributed by atoms with Crippen LogP contribution in [0.2, 0.25) is 5.02 Å². The zero-order chi connectivity index (χ0) is 30.2. The number of carbonyl (C=O) groups excluding carboxylic acids is 2. The van der Waals surface area contributed by atoms with Crippen LogP contribution in [0.5, 0.6) is 0 Å². The maximum atomic E-state index is 14.8. The van der Waals surface area contributed by atoms with E-state index in [9.17, 15) is 22.4 Å². The molecule has 0 heterocycles. The standard InChI is InChI=1S/C31H37ClFN3O4S/c1-31(2,3)34-30(38)28(21-23-11-6-5-7-12-23)35(22-24-13-8-9-14-27(24)33)29(37)15-10-20-36(41(4,39)40)26-18-16-25(32)17-19-26/h5-9,11-14,16-19,28H,10,15,20-22H2,1-4H3,(H,34,38). The van der Waals surface area contributed by atoms with Gasteiger partial charge < -0.3 is 10.2 Å². The first-order chi connectivity index (χ1) is 19.2. The molecule has 7 nitrogen and oxygen atoms in total. The molecule has 3 aromatic rings. The van der Waals surface area contributed by atoms with Gasteiger partial charge in [0.15, 0.2) is 0 Å². The third-order valence-electron chi connectivity index (χ3n) is 6.33. The number of sulfonamides is 1. The smallest absolute Gasteiger partial charge is 0.243 e. The van der Waals surface area contributed by atoms with Crippen molar-refractivity contribution in [3.63, 3.8) is 0 Å². The minimum absolute atomic E-state index is 0.0390. The summed E-state index contributed by atoms with van der Waals surface area (Å²) in [6.07, 6.45) is 1.45. The second kappa shape index (κ2) is 14.0. The van der Waals surface area contributed by atoms with Crippen molar-refractivity contribution in [2.75, 3.05) is 17.1 Å². The van der Waals surface area contributed by atoms with Gasteiger partial charge in [-0.05, 0) is 63.1 Å². The van der Waals surface area contributed by atoms with Gasteiger partial charge in [-0.2, -0.15) is 0 Å². The van der Waals surface area contributed by atoms with Crippen molar-refractivity contribution in [2.24, 2.45) is 0 Å². The zero-order valence-corrected chi connectivity index (χ0v) is 25.4. The number of anilines is 1. The van der Waals surface area contributed by atoms with Crippen LogP contribution in [0.25, 0.3) is 0 Å². The van der Waals surface area contributed by atoms with Crippen molar-refractivity contribution < 1.29 is 22.4 Å². The van der Waals surface area contributed by atoms with Crippen molar-refractivity contribution in [1.29, 1.82) is 0 Å². The summed E-state index contributed by atoms with van der Waals surface area (Å²) < 4.78 is 41.1. The van der Waals surface area contributed by atoms with Crippen molar-refractivity contribution in [3.05, 3.63) is 101 Å². The minimum atomic E-state index is -3.64. The lowest BCUT2D eigenvalue weighted by atomic mass is 10.00. The molecule has 3 rings (SSSR count). The van der Waals surface area contributed by atoms with Gasteiger partial charge in [0, 0.05) is 42.1 Å². The molecule has 1 unspecified atom stereocenters. The van der Waals surface area contributed by atoms with E-state index in [1.54, 1.807) is 42.5 Å². The van der Waals surface area contributed by atoms with Gasteiger partial charge in [0.25, 0.3) is 0 Å². The Labute approximate surface area is 247 Å². The van der Waals surface area contributed by atoms with Crippen LogP contribution >= 0.6 is 11.6 Å². The van der Waals surface area contributed by atoms with Crippen molar-refractivity contribution >= 4 is 39.1 Å². The third kappa shape index (κ3) is 9.86. The lowest BCUT2D eigenvalue weighted by molar-refractivity contribution is -0.142. The van der Waals surface area contributed by atoms with Gasteiger partial charge in [-0.15, -0.1) is 0 Å². The molecule has 3 aromatic carbocycles. The number of carbonyl (C=O) groups is 2. The number of benzene rings is 3. The molecule has 0 bridgehead atoms. The predicted molar refractivity (Wildman–Crippen MR) is 162 cm³/mol. The van der Waals surface area contributed by atoms with Gasteiger partial charge in [0.1, 0.15) is 11.9 Å². The Kier molecular flexibility index (Phi) is 10.9. The molecule has 220 valence electrons. The largest absolute Gasteiger partial charge is 0.350 e. The topological polar surface area (TPSA) is 86.8 Å². The first kappa shape index (κ1) is 32.1. The van der Waals surface area contributed by atoms with E-state index in [2.05, 4.69) is 5.32 Å². The fraction of sp³-hybridized carbons (Fsp3) is 0.355. The molecule has 41 heavy (non-hydrogen) atoms. The van der Waals surface area contributed by atoms with Gasteiger partial charge in [-0.25, -0.2) is 12.8 Å².